The molecule has 0 saturated heterocycles. The lowest BCUT2D eigenvalue weighted by atomic mass is 10.0. The number of hydrogen-bond donors (Lipinski definition) is 1. The van der Waals surface area contributed by atoms with Gasteiger partial charge in [0.05, 0.1) is 6.10 Å². The van der Waals surface area contributed by atoms with Crippen molar-refractivity contribution >= 4 is 11.6 Å². The molecule has 2 aromatic carbocycles. The zero-order valence-corrected chi connectivity index (χ0v) is 10.3. The van der Waals surface area contributed by atoms with Crippen LogP contribution in [0.3, 0.4) is 0 Å². The minimum Gasteiger partial charge on any atom is -0.388 e. The average Bonchev–Trinajstić information content (AvgIpc) is 2.39. The molecule has 0 heterocycles. The molecule has 0 fully saturated rings. The lowest BCUT2D eigenvalue weighted by Crippen LogP contribution is -1.99. The Morgan fingerprint density at radius 2 is 1.59 bits per heavy atom. The van der Waals surface area contributed by atoms with Gasteiger partial charge in [0, 0.05) is 5.02 Å². The first-order valence-corrected chi connectivity index (χ1v) is 6.11. The zero-order valence-electron chi connectivity index (χ0n) is 9.51. The molecule has 0 aliphatic rings. The van der Waals surface area contributed by atoms with Crippen LogP contribution in [0.1, 0.15) is 23.7 Å². The number of rotatable bonds is 4. The van der Waals surface area contributed by atoms with E-state index in [2.05, 4.69) is 0 Å². The number of aryl methyl sites for hydroxylation is 1. The predicted octanol–water partition coefficient (Wildman–Crippen LogP) is 4.01. The Morgan fingerprint density at radius 1 is 0.941 bits per heavy atom. The first-order chi connectivity index (χ1) is 8.25. The van der Waals surface area contributed by atoms with E-state index in [-0.39, 0.29) is 0 Å². The van der Waals surface area contributed by atoms with Gasteiger partial charge in [0.1, 0.15) is 0 Å². The molecule has 0 amide bonds. The molecule has 0 aromatic heterocycles. The lowest BCUT2D eigenvalue weighted by Gasteiger charge is -2.10. The highest BCUT2D eigenvalue weighted by Gasteiger charge is 2.06. The summed E-state index contributed by atoms with van der Waals surface area (Å²) in [4.78, 5) is 0. The summed E-state index contributed by atoms with van der Waals surface area (Å²) in [6, 6.07) is 17.5. The molecule has 1 N–H and O–H groups in total. The summed E-state index contributed by atoms with van der Waals surface area (Å²) >= 11 is 5.82. The summed E-state index contributed by atoms with van der Waals surface area (Å²) in [5.74, 6) is 0. The third-order valence-electron chi connectivity index (χ3n) is 2.80. The molecule has 17 heavy (non-hydrogen) atoms. The van der Waals surface area contributed by atoms with Crippen molar-refractivity contribution in [3.63, 3.8) is 0 Å². The van der Waals surface area contributed by atoms with Crippen LogP contribution in [-0.4, -0.2) is 5.11 Å². The molecule has 1 nitrogen and oxygen atoms in total. The van der Waals surface area contributed by atoms with E-state index in [4.69, 9.17) is 11.6 Å². The molecule has 88 valence electrons. The van der Waals surface area contributed by atoms with Crippen LogP contribution < -0.4 is 0 Å². The van der Waals surface area contributed by atoms with E-state index in [1.54, 1.807) is 0 Å². The molecular weight excluding hydrogens is 232 g/mol. The highest BCUT2D eigenvalue weighted by Crippen LogP contribution is 2.19. The summed E-state index contributed by atoms with van der Waals surface area (Å²) in [5.41, 5.74) is 2.17. The van der Waals surface area contributed by atoms with Gasteiger partial charge >= 0.3 is 0 Å². The van der Waals surface area contributed by atoms with Gasteiger partial charge in [-0.05, 0) is 36.1 Å². The summed E-state index contributed by atoms with van der Waals surface area (Å²) < 4.78 is 0. The van der Waals surface area contributed by atoms with E-state index < -0.39 is 6.10 Å². The Balaban J connectivity index is 1.92. The number of aliphatic hydroxyl groups is 1. The Hall–Kier alpha value is -1.31. The van der Waals surface area contributed by atoms with Crippen LogP contribution >= 0.6 is 11.6 Å². The van der Waals surface area contributed by atoms with Gasteiger partial charge in [-0.25, -0.2) is 0 Å². The van der Waals surface area contributed by atoms with E-state index in [9.17, 15) is 5.11 Å². The maximum absolute atomic E-state index is 10.0. The van der Waals surface area contributed by atoms with Gasteiger partial charge < -0.3 is 5.11 Å². The molecular formula is C15H15ClO. The second-order valence-electron chi connectivity index (χ2n) is 4.09. The third-order valence-corrected chi connectivity index (χ3v) is 3.06. The lowest BCUT2D eigenvalue weighted by molar-refractivity contribution is 0.168. The Kier molecular flexibility index (Phi) is 4.18. The minimum absolute atomic E-state index is 0.396. The van der Waals surface area contributed by atoms with Gasteiger partial charge in [-0.3, -0.25) is 0 Å². The van der Waals surface area contributed by atoms with Crippen LogP contribution in [0.25, 0.3) is 0 Å². The molecule has 0 spiro atoms. The number of hydrogen-bond acceptors (Lipinski definition) is 1. The Labute approximate surface area is 107 Å². The first kappa shape index (κ1) is 12.2. The molecule has 0 aliphatic carbocycles. The highest BCUT2D eigenvalue weighted by molar-refractivity contribution is 6.30. The summed E-state index contributed by atoms with van der Waals surface area (Å²) in [6.45, 7) is 0. The predicted molar refractivity (Wildman–Crippen MR) is 71.2 cm³/mol. The zero-order chi connectivity index (χ0) is 12.1. The van der Waals surface area contributed by atoms with Gasteiger partial charge in [-0.1, -0.05) is 54.1 Å². The molecule has 2 aromatic rings. The van der Waals surface area contributed by atoms with Crippen molar-refractivity contribution in [2.75, 3.05) is 0 Å². The average molecular weight is 247 g/mol. The summed E-state index contributed by atoms with van der Waals surface area (Å²) in [5, 5.41) is 10.8. The summed E-state index contributed by atoms with van der Waals surface area (Å²) in [6.07, 6.45) is 1.19. The van der Waals surface area contributed by atoms with E-state index in [0.717, 1.165) is 23.4 Å². The first-order valence-electron chi connectivity index (χ1n) is 5.73. The van der Waals surface area contributed by atoms with Crippen LogP contribution in [0.5, 0.6) is 0 Å². The maximum atomic E-state index is 10.0. The van der Waals surface area contributed by atoms with Gasteiger partial charge in [0.25, 0.3) is 0 Å². The number of benzene rings is 2. The van der Waals surface area contributed by atoms with Crippen molar-refractivity contribution in [3.8, 4) is 0 Å². The van der Waals surface area contributed by atoms with E-state index in [1.165, 1.54) is 5.56 Å². The second kappa shape index (κ2) is 5.85. The largest absolute Gasteiger partial charge is 0.388 e. The normalized spacial score (nSPS) is 12.4. The van der Waals surface area contributed by atoms with Crippen molar-refractivity contribution in [2.24, 2.45) is 0 Å². The van der Waals surface area contributed by atoms with Crippen molar-refractivity contribution in [2.45, 2.75) is 18.9 Å². The minimum atomic E-state index is -0.396. The standard InChI is InChI=1S/C15H15ClO/c16-14-9-6-12(7-10-14)8-11-15(17)13-4-2-1-3-5-13/h1-7,9-10,15,17H,8,11H2. The molecule has 0 aliphatic heterocycles. The highest BCUT2D eigenvalue weighted by atomic mass is 35.5. The van der Waals surface area contributed by atoms with Gasteiger partial charge in [0.15, 0.2) is 0 Å². The fourth-order valence-electron chi connectivity index (χ4n) is 1.80. The van der Waals surface area contributed by atoms with Gasteiger partial charge in [0.2, 0.25) is 0 Å². The molecule has 1 unspecified atom stereocenters. The summed E-state index contributed by atoms with van der Waals surface area (Å²) in [7, 11) is 0. The van der Waals surface area contributed by atoms with E-state index >= 15 is 0 Å². The molecule has 0 bridgehead atoms. The van der Waals surface area contributed by atoms with Crippen molar-refractivity contribution in [1.29, 1.82) is 0 Å². The Morgan fingerprint density at radius 3 is 2.24 bits per heavy atom. The molecule has 0 radical (unpaired) electrons. The molecule has 2 rings (SSSR count). The van der Waals surface area contributed by atoms with Crippen molar-refractivity contribution in [1.82, 2.24) is 0 Å². The monoisotopic (exact) mass is 246 g/mol. The second-order valence-corrected chi connectivity index (χ2v) is 4.53. The van der Waals surface area contributed by atoms with Crippen LogP contribution in [0.2, 0.25) is 5.02 Å². The third kappa shape index (κ3) is 3.58. The van der Waals surface area contributed by atoms with E-state index in [1.807, 2.05) is 54.6 Å². The SMILES string of the molecule is OC(CCc1ccc(Cl)cc1)c1ccccc1. The number of halogens is 1. The Bertz CT molecular complexity index is 450. The molecule has 0 saturated carbocycles. The van der Waals surface area contributed by atoms with Crippen LogP contribution in [0.15, 0.2) is 54.6 Å². The van der Waals surface area contributed by atoms with Crippen LogP contribution in [-0.2, 0) is 6.42 Å². The fraction of sp³-hybridized carbons (Fsp3) is 0.200. The van der Waals surface area contributed by atoms with Crippen molar-refractivity contribution < 1.29 is 5.11 Å². The van der Waals surface area contributed by atoms with Gasteiger partial charge in [-0.15, -0.1) is 0 Å². The quantitative estimate of drug-likeness (QED) is 0.864. The van der Waals surface area contributed by atoms with Gasteiger partial charge in [-0.2, -0.15) is 0 Å². The smallest absolute Gasteiger partial charge is 0.0793 e. The maximum Gasteiger partial charge on any atom is 0.0793 e. The van der Waals surface area contributed by atoms with Crippen molar-refractivity contribution in [3.05, 3.63) is 70.7 Å². The van der Waals surface area contributed by atoms with Crippen LogP contribution in [0.4, 0.5) is 0 Å². The van der Waals surface area contributed by atoms with Crippen LogP contribution in [0, 0.1) is 0 Å². The number of aliphatic hydroxyl groups excluding tert-OH is 1. The topological polar surface area (TPSA) is 20.2 Å². The fourth-order valence-corrected chi connectivity index (χ4v) is 1.92. The molecule has 2 heteroatoms. The molecule has 1 atom stereocenters. The van der Waals surface area contributed by atoms with E-state index in [0.29, 0.717) is 0 Å².